The van der Waals surface area contributed by atoms with E-state index in [1.54, 1.807) is 24.1 Å². The molecule has 0 spiro atoms. The lowest BCUT2D eigenvalue weighted by molar-refractivity contribution is -0.119. The fourth-order valence-corrected chi connectivity index (χ4v) is 2.27. The van der Waals surface area contributed by atoms with Crippen molar-refractivity contribution < 1.29 is 9.18 Å². The van der Waals surface area contributed by atoms with Gasteiger partial charge in [-0.05, 0) is 37.0 Å². The van der Waals surface area contributed by atoms with Crippen LogP contribution in [-0.4, -0.2) is 32.1 Å². The van der Waals surface area contributed by atoms with E-state index in [0.717, 1.165) is 12.0 Å². The molecule has 4 nitrogen and oxygen atoms in total. The lowest BCUT2D eigenvalue weighted by atomic mass is 10.1. The third-order valence-electron chi connectivity index (χ3n) is 3.63. The van der Waals surface area contributed by atoms with Crippen molar-refractivity contribution in [2.24, 2.45) is 0 Å². The molecule has 1 aliphatic carbocycles. The molecular formula is C16H24FN3O. The molecule has 0 unspecified atom stereocenters. The monoisotopic (exact) mass is 293 g/mol. The van der Waals surface area contributed by atoms with E-state index >= 15 is 0 Å². The molecule has 0 radical (unpaired) electrons. The zero-order valence-electron chi connectivity index (χ0n) is 12.8. The van der Waals surface area contributed by atoms with Crippen LogP contribution in [0.4, 0.5) is 10.1 Å². The van der Waals surface area contributed by atoms with Gasteiger partial charge in [-0.2, -0.15) is 0 Å². The number of hydrogen-bond donors (Lipinski definition) is 2. The third-order valence-corrected chi connectivity index (χ3v) is 3.63. The Kier molecular flexibility index (Phi) is 5.56. The molecule has 116 valence electrons. The number of anilines is 1. The molecule has 1 amide bonds. The second-order valence-electron chi connectivity index (χ2n) is 5.54. The Hall–Kier alpha value is -1.62. The highest BCUT2D eigenvalue weighted by Gasteiger charge is 2.20. The average Bonchev–Trinajstić information content (AvgIpc) is 3.29. The summed E-state index contributed by atoms with van der Waals surface area (Å²) in [4.78, 5) is 13.3. The zero-order chi connectivity index (χ0) is 15.2. The number of halogens is 1. The maximum absolute atomic E-state index is 14.3. The highest BCUT2D eigenvalue weighted by Crippen LogP contribution is 2.23. The number of carbonyl (C=O) groups is 1. The van der Waals surface area contributed by atoms with E-state index in [2.05, 4.69) is 10.6 Å². The summed E-state index contributed by atoms with van der Waals surface area (Å²) in [5.74, 6) is -0.371. The minimum atomic E-state index is -0.262. The van der Waals surface area contributed by atoms with E-state index in [9.17, 15) is 9.18 Å². The fourth-order valence-electron chi connectivity index (χ4n) is 2.27. The van der Waals surface area contributed by atoms with Crippen LogP contribution < -0.4 is 15.5 Å². The summed E-state index contributed by atoms with van der Waals surface area (Å²) < 4.78 is 14.3. The van der Waals surface area contributed by atoms with Crippen molar-refractivity contribution in [3.05, 3.63) is 29.6 Å². The summed E-state index contributed by atoms with van der Waals surface area (Å²) >= 11 is 0. The Labute approximate surface area is 125 Å². The van der Waals surface area contributed by atoms with Crippen LogP contribution in [0, 0.1) is 5.82 Å². The summed E-state index contributed by atoms with van der Waals surface area (Å²) in [7, 11) is 1.59. The summed E-state index contributed by atoms with van der Waals surface area (Å²) in [5.41, 5.74) is 1.44. The fraction of sp³-hybridized carbons (Fsp3) is 0.562. The largest absolute Gasteiger partial charge is 0.360 e. The topological polar surface area (TPSA) is 44.4 Å². The first-order valence-corrected chi connectivity index (χ1v) is 7.61. The van der Waals surface area contributed by atoms with Crippen LogP contribution >= 0.6 is 0 Å². The molecule has 0 atom stereocenters. The van der Waals surface area contributed by atoms with Gasteiger partial charge in [0.15, 0.2) is 0 Å². The van der Waals surface area contributed by atoms with Gasteiger partial charge in [0.1, 0.15) is 5.82 Å². The normalized spacial score (nSPS) is 14.0. The number of benzene rings is 1. The number of nitrogens with zero attached hydrogens (tertiary/aromatic N) is 1. The SMILES string of the molecule is CCCN(CC(=O)NC)c1ccc(CNC2CC2)cc1F. The molecular weight excluding hydrogens is 269 g/mol. The van der Waals surface area contributed by atoms with Gasteiger partial charge in [-0.1, -0.05) is 13.0 Å². The first kappa shape index (κ1) is 15.8. The number of hydrogen-bond acceptors (Lipinski definition) is 3. The van der Waals surface area contributed by atoms with Gasteiger partial charge in [0.05, 0.1) is 12.2 Å². The molecule has 2 N–H and O–H groups in total. The van der Waals surface area contributed by atoms with Crippen molar-refractivity contribution in [3.8, 4) is 0 Å². The van der Waals surface area contributed by atoms with Crippen LogP contribution in [0.1, 0.15) is 31.7 Å². The van der Waals surface area contributed by atoms with Crippen molar-refractivity contribution >= 4 is 11.6 Å². The van der Waals surface area contributed by atoms with Crippen LogP contribution in [0.5, 0.6) is 0 Å². The van der Waals surface area contributed by atoms with E-state index in [0.29, 0.717) is 24.8 Å². The standard InChI is InChI=1S/C16H24FN3O/c1-3-8-20(11-16(21)18-2)15-7-4-12(9-14(15)17)10-19-13-5-6-13/h4,7,9,13,19H,3,5-6,8,10-11H2,1-2H3,(H,18,21). The summed E-state index contributed by atoms with van der Waals surface area (Å²) in [5, 5.41) is 5.95. The molecule has 1 saturated carbocycles. The zero-order valence-corrected chi connectivity index (χ0v) is 12.8. The van der Waals surface area contributed by atoms with Crippen LogP contribution in [-0.2, 0) is 11.3 Å². The number of likely N-dealkylation sites (N-methyl/N-ethyl adjacent to an activating group) is 1. The van der Waals surface area contributed by atoms with E-state index in [4.69, 9.17) is 0 Å². The third kappa shape index (κ3) is 4.70. The van der Waals surface area contributed by atoms with Gasteiger partial charge < -0.3 is 15.5 Å². The van der Waals surface area contributed by atoms with Crippen molar-refractivity contribution in [2.75, 3.05) is 25.0 Å². The predicted octanol–water partition coefficient (Wildman–Crippen LogP) is 2.04. The van der Waals surface area contributed by atoms with E-state index in [-0.39, 0.29) is 18.3 Å². The van der Waals surface area contributed by atoms with Crippen LogP contribution in [0.25, 0.3) is 0 Å². The molecule has 1 fully saturated rings. The molecule has 0 heterocycles. The number of carbonyl (C=O) groups excluding carboxylic acids is 1. The van der Waals surface area contributed by atoms with Gasteiger partial charge in [0.25, 0.3) is 0 Å². The molecule has 1 aromatic carbocycles. The summed E-state index contributed by atoms with van der Waals surface area (Å²) in [6.45, 7) is 3.55. The maximum atomic E-state index is 14.3. The number of nitrogens with one attached hydrogen (secondary N) is 2. The average molecular weight is 293 g/mol. The Balaban J connectivity index is 2.05. The first-order chi connectivity index (χ1) is 10.1. The molecule has 5 heteroatoms. The van der Waals surface area contributed by atoms with Crippen LogP contribution in [0.3, 0.4) is 0 Å². The minimum absolute atomic E-state index is 0.109. The molecule has 0 bridgehead atoms. The molecule has 21 heavy (non-hydrogen) atoms. The molecule has 2 rings (SSSR count). The van der Waals surface area contributed by atoms with Gasteiger partial charge in [0, 0.05) is 26.2 Å². The van der Waals surface area contributed by atoms with E-state index in [1.165, 1.54) is 12.8 Å². The van der Waals surface area contributed by atoms with Crippen molar-refractivity contribution in [3.63, 3.8) is 0 Å². The van der Waals surface area contributed by atoms with Crippen LogP contribution in [0.15, 0.2) is 18.2 Å². The van der Waals surface area contributed by atoms with Crippen molar-refractivity contribution in [1.29, 1.82) is 0 Å². The quantitative estimate of drug-likeness (QED) is 0.771. The van der Waals surface area contributed by atoms with Gasteiger partial charge in [-0.15, -0.1) is 0 Å². The van der Waals surface area contributed by atoms with Gasteiger partial charge in [0.2, 0.25) is 5.91 Å². The van der Waals surface area contributed by atoms with Gasteiger partial charge in [-0.25, -0.2) is 4.39 Å². The predicted molar refractivity (Wildman–Crippen MR) is 82.8 cm³/mol. The molecule has 1 aliphatic rings. The van der Waals surface area contributed by atoms with Crippen molar-refractivity contribution in [1.82, 2.24) is 10.6 Å². The van der Waals surface area contributed by atoms with E-state index in [1.807, 2.05) is 13.0 Å². The Morgan fingerprint density at radius 1 is 1.43 bits per heavy atom. The van der Waals surface area contributed by atoms with Gasteiger partial charge in [-0.3, -0.25) is 4.79 Å². The highest BCUT2D eigenvalue weighted by atomic mass is 19.1. The Morgan fingerprint density at radius 3 is 2.76 bits per heavy atom. The lowest BCUT2D eigenvalue weighted by Gasteiger charge is -2.24. The maximum Gasteiger partial charge on any atom is 0.239 e. The second kappa shape index (κ2) is 7.41. The van der Waals surface area contributed by atoms with Crippen LogP contribution in [0.2, 0.25) is 0 Å². The highest BCUT2D eigenvalue weighted by molar-refractivity contribution is 5.81. The van der Waals surface area contributed by atoms with E-state index < -0.39 is 0 Å². The van der Waals surface area contributed by atoms with Crippen molar-refractivity contribution in [2.45, 2.75) is 38.8 Å². The minimum Gasteiger partial charge on any atom is -0.360 e. The molecule has 0 aliphatic heterocycles. The Bertz CT molecular complexity index is 488. The van der Waals surface area contributed by atoms with Gasteiger partial charge >= 0.3 is 0 Å². The Morgan fingerprint density at radius 2 is 2.19 bits per heavy atom. The summed E-state index contributed by atoms with van der Waals surface area (Å²) in [6, 6.07) is 5.88. The first-order valence-electron chi connectivity index (χ1n) is 7.61. The smallest absolute Gasteiger partial charge is 0.239 e. The summed E-state index contributed by atoms with van der Waals surface area (Å²) in [6.07, 6.45) is 3.30. The second-order valence-corrected chi connectivity index (χ2v) is 5.54. The number of rotatable bonds is 8. The lowest BCUT2D eigenvalue weighted by Crippen LogP contribution is -2.36. The molecule has 0 aromatic heterocycles. The number of amides is 1. The molecule has 0 saturated heterocycles. The molecule has 1 aromatic rings.